The molecule has 0 amide bonds. The first-order valence-corrected chi connectivity index (χ1v) is 10.1. The van der Waals surface area contributed by atoms with Gasteiger partial charge in [0.15, 0.2) is 23.3 Å². The third-order valence-corrected chi connectivity index (χ3v) is 4.72. The van der Waals surface area contributed by atoms with Gasteiger partial charge in [-0.05, 0) is 37.5 Å². The van der Waals surface area contributed by atoms with Crippen LogP contribution in [-0.2, 0) is 13.6 Å². The molecular formula is C18H28N6O2S. The van der Waals surface area contributed by atoms with Crippen molar-refractivity contribution in [2.75, 3.05) is 38.1 Å². The first-order valence-electron chi connectivity index (χ1n) is 8.70. The standard InChI is InChI=1S/C18H28N6O2S/c1-13-22-23-17(24(13)2)12-20-18(19-9-6-10-27-5)21-14-7-8-15(25-3)16(11-14)26-4/h7-8,11H,6,9-10,12H2,1-5H3,(H2,19,20,21). The number of anilines is 1. The highest BCUT2D eigenvalue weighted by Crippen LogP contribution is 2.29. The molecule has 0 aliphatic heterocycles. The molecule has 2 aromatic rings. The lowest BCUT2D eigenvalue weighted by molar-refractivity contribution is 0.355. The summed E-state index contributed by atoms with van der Waals surface area (Å²) in [6, 6.07) is 5.66. The number of aromatic nitrogens is 3. The highest BCUT2D eigenvalue weighted by atomic mass is 32.2. The van der Waals surface area contributed by atoms with Gasteiger partial charge in [-0.15, -0.1) is 10.2 Å². The Balaban J connectivity index is 2.13. The number of aliphatic imine (C=N–C) groups is 1. The molecule has 0 spiro atoms. The molecule has 9 heteroatoms. The van der Waals surface area contributed by atoms with Crippen molar-refractivity contribution < 1.29 is 9.47 Å². The number of nitrogens with one attached hydrogen (secondary N) is 2. The summed E-state index contributed by atoms with van der Waals surface area (Å²) in [6.07, 6.45) is 3.16. The largest absolute Gasteiger partial charge is 0.493 e. The van der Waals surface area contributed by atoms with Crippen LogP contribution in [-0.4, -0.2) is 53.5 Å². The summed E-state index contributed by atoms with van der Waals surface area (Å²) >= 11 is 1.83. The van der Waals surface area contributed by atoms with Crippen LogP contribution in [0.3, 0.4) is 0 Å². The SMILES string of the molecule is COc1ccc(NC(=NCc2nnc(C)n2C)NCCCSC)cc1OC. The van der Waals surface area contributed by atoms with Gasteiger partial charge in [0.1, 0.15) is 12.4 Å². The van der Waals surface area contributed by atoms with E-state index in [2.05, 4.69) is 32.1 Å². The van der Waals surface area contributed by atoms with Gasteiger partial charge >= 0.3 is 0 Å². The predicted octanol–water partition coefficient (Wildman–Crippen LogP) is 2.45. The van der Waals surface area contributed by atoms with E-state index < -0.39 is 0 Å². The number of methoxy groups -OCH3 is 2. The van der Waals surface area contributed by atoms with Gasteiger partial charge in [-0.2, -0.15) is 11.8 Å². The number of hydrogen-bond donors (Lipinski definition) is 2. The van der Waals surface area contributed by atoms with E-state index >= 15 is 0 Å². The van der Waals surface area contributed by atoms with Gasteiger partial charge in [-0.3, -0.25) is 0 Å². The van der Waals surface area contributed by atoms with Crippen LogP contribution in [0.5, 0.6) is 11.5 Å². The van der Waals surface area contributed by atoms with Gasteiger partial charge in [0.2, 0.25) is 0 Å². The number of rotatable bonds is 9. The molecule has 0 fully saturated rings. The second-order valence-corrected chi connectivity index (χ2v) is 6.84. The minimum Gasteiger partial charge on any atom is -0.493 e. The van der Waals surface area contributed by atoms with Crippen molar-refractivity contribution in [1.29, 1.82) is 0 Å². The van der Waals surface area contributed by atoms with Crippen LogP contribution < -0.4 is 20.1 Å². The molecule has 0 saturated heterocycles. The van der Waals surface area contributed by atoms with Gasteiger partial charge in [0, 0.05) is 25.3 Å². The Bertz CT molecular complexity index is 762. The maximum Gasteiger partial charge on any atom is 0.196 e. The number of aryl methyl sites for hydroxylation is 1. The fourth-order valence-electron chi connectivity index (χ4n) is 2.35. The van der Waals surface area contributed by atoms with Crippen molar-refractivity contribution in [1.82, 2.24) is 20.1 Å². The van der Waals surface area contributed by atoms with Gasteiger partial charge in [0.05, 0.1) is 14.2 Å². The van der Waals surface area contributed by atoms with Crippen LogP contribution in [0.4, 0.5) is 5.69 Å². The molecule has 148 valence electrons. The molecule has 1 heterocycles. The average molecular weight is 393 g/mol. The van der Waals surface area contributed by atoms with Crippen LogP contribution in [0.2, 0.25) is 0 Å². The van der Waals surface area contributed by atoms with E-state index in [1.54, 1.807) is 14.2 Å². The maximum absolute atomic E-state index is 5.37. The first-order chi connectivity index (χ1) is 13.1. The van der Waals surface area contributed by atoms with Crippen molar-refractivity contribution in [2.45, 2.75) is 19.9 Å². The molecule has 27 heavy (non-hydrogen) atoms. The normalized spacial score (nSPS) is 11.4. The summed E-state index contributed by atoms with van der Waals surface area (Å²) in [5.74, 6) is 4.80. The van der Waals surface area contributed by atoms with E-state index in [0.717, 1.165) is 36.1 Å². The van der Waals surface area contributed by atoms with E-state index in [0.29, 0.717) is 24.0 Å². The molecule has 2 N–H and O–H groups in total. The topological polar surface area (TPSA) is 85.6 Å². The maximum atomic E-state index is 5.37. The molecule has 0 aliphatic carbocycles. The molecular weight excluding hydrogens is 364 g/mol. The molecule has 1 aromatic heterocycles. The Kier molecular flexibility index (Phi) is 8.25. The van der Waals surface area contributed by atoms with Crippen molar-refractivity contribution >= 4 is 23.4 Å². The Morgan fingerprint density at radius 3 is 2.63 bits per heavy atom. The highest BCUT2D eigenvalue weighted by Gasteiger charge is 2.08. The minimum atomic E-state index is 0.433. The Morgan fingerprint density at radius 1 is 1.22 bits per heavy atom. The van der Waals surface area contributed by atoms with E-state index in [1.807, 2.05) is 48.5 Å². The zero-order valence-electron chi connectivity index (χ0n) is 16.6. The summed E-state index contributed by atoms with van der Waals surface area (Å²) < 4.78 is 12.6. The number of hydrogen-bond acceptors (Lipinski definition) is 6. The van der Waals surface area contributed by atoms with E-state index in [-0.39, 0.29) is 0 Å². The van der Waals surface area contributed by atoms with Crippen molar-refractivity contribution in [2.24, 2.45) is 12.0 Å². The molecule has 8 nitrogen and oxygen atoms in total. The quantitative estimate of drug-likeness (QED) is 0.385. The second kappa shape index (κ2) is 10.7. The molecule has 0 atom stereocenters. The van der Waals surface area contributed by atoms with Crippen molar-refractivity contribution in [3.05, 3.63) is 29.8 Å². The zero-order valence-corrected chi connectivity index (χ0v) is 17.4. The second-order valence-electron chi connectivity index (χ2n) is 5.86. The third-order valence-electron chi connectivity index (χ3n) is 4.03. The number of nitrogens with zero attached hydrogens (tertiary/aromatic N) is 4. The summed E-state index contributed by atoms with van der Waals surface area (Å²) in [6.45, 7) is 3.18. The van der Waals surface area contributed by atoms with Gasteiger partial charge in [-0.25, -0.2) is 4.99 Å². The van der Waals surface area contributed by atoms with E-state index in [9.17, 15) is 0 Å². The number of thioether (sulfide) groups is 1. The van der Waals surface area contributed by atoms with Crippen molar-refractivity contribution in [3.63, 3.8) is 0 Å². The van der Waals surface area contributed by atoms with Gasteiger partial charge in [0.25, 0.3) is 0 Å². The number of ether oxygens (including phenoxy) is 2. The van der Waals surface area contributed by atoms with E-state index in [4.69, 9.17) is 9.47 Å². The Hall–Kier alpha value is -2.42. The first kappa shape index (κ1) is 20.9. The Labute approximate surface area is 164 Å². The van der Waals surface area contributed by atoms with Crippen LogP contribution in [0.25, 0.3) is 0 Å². The smallest absolute Gasteiger partial charge is 0.196 e. The molecule has 2 rings (SSSR count). The summed E-state index contributed by atoms with van der Waals surface area (Å²) in [5.41, 5.74) is 0.859. The number of benzene rings is 1. The molecule has 0 radical (unpaired) electrons. The lowest BCUT2D eigenvalue weighted by Gasteiger charge is -2.14. The zero-order chi connectivity index (χ0) is 19.6. The van der Waals surface area contributed by atoms with Crippen LogP contribution in [0, 0.1) is 6.92 Å². The fourth-order valence-corrected chi connectivity index (χ4v) is 2.79. The van der Waals surface area contributed by atoms with E-state index in [1.165, 1.54) is 0 Å². The minimum absolute atomic E-state index is 0.433. The average Bonchev–Trinajstić information content (AvgIpc) is 3.01. The highest BCUT2D eigenvalue weighted by molar-refractivity contribution is 7.98. The molecule has 0 unspecified atom stereocenters. The van der Waals surface area contributed by atoms with Crippen molar-refractivity contribution in [3.8, 4) is 11.5 Å². The lowest BCUT2D eigenvalue weighted by atomic mass is 10.2. The predicted molar refractivity (Wildman–Crippen MR) is 111 cm³/mol. The van der Waals surface area contributed by atoms with Crippen LogP contribution >= 0.6 is 11.8 Å². The van der Waals surface area contributed by atoms with Gasteiger partial charge < -0.3 is 24.7 Å². The van der Waals surface area contributed by atoms with Crippen LogP contribution in [0.1, 0.15) is 18.1 Å². The molecule has 0 aliphatic rings. The lowest BCUT2D eigenvalue weighted by Crippen LogP contribution is -2.32. The third kappa shape index (κ3) is 6.06. The summed E-state index contributed by atoms with van der Waals surface area (Å²) in [5, 5.41) is 14.9. The molecule has 0 saturated carbocycles. The molecule has 1 aromatic carbocycles. The van der Waals surface area contributed by atoms with Crippen LogP contribution in [0.15, 0.2) is 23.2 Å². The summed E-state index contributed by atoms with van der Waals surface area (Å²) in [7, 11) is 5.18. The summed E-state index contributed by atoms with van der Waals surface area (Å²) in [4.78, 5) is 4.65. The number of guanidine groups is 1. The Morgan fingerprint density at radius 2 is 2.00 bits per heavy atom. The van der Waals surface area contributed by atoms with Gasteiger partial charge in [-0.1, -0.05) is 0 Å². The molecule has 0 bridgehead atoms. The monoisotopic (exact) mass is 392 g/mol. The fraction of sp³-hybridized carbons (Fsp3) is 0.500.